The van der Waals surface area contributed by atoms with E-state index in [1.54, 1.807) is 23.2 Å². The maximum Gasteiger partial charge on any atom is 0.293 e. The number of carbonyl (C=O) groups is 1. The van der Waals surface area contributed by atoms with Crippen LogP contribution in [0.4, 0.5) is 11.4 Å². The molecule has 8 nitrogen and oxygen atoms in total. The van der Waals surface area contributed by atoms with Gasteiger partial charge in [-0.25, -0.2) is 0 Å². The highest BCUT2D eigenvalue weighted by Gasteiger charge is 2.30. The molecule has 1 fully saturated rings. The summed E-state index contributed by atoms with van der Waals surface area (Å²) in [5, 5.41) is 18.1. The van der Waals surface area contributed by atoms with Crippen molar-refractivity contribution in [1.29, 1.82) is 0 Å². The van der Waals surface area contributed by atoms with Gasteiger partial charge in [0, 0.05) is 43.0 Å². The zero-order chi connectivity index (χ0) is 20.3. The highest BCUT2D eigenvalue weighted by Crippen LogP contribution is 2.29. The third-order valence-corrected chi connectivity index (χ3v) is 5.24. The van der Waals surface area contributed by atoms with Crippen molar-refractivity contribution in [3.63, 3.8) is 0 Å². The largest absolute Gasteiger partial charge is 0.371 e. The quantitative estimate of drug-likeness (QED) is 0.608. The fraction of sp³-hybridized carbons (Fsp3) is 0.400. The number of hydrogen-bond acceptors (Lipinski definition) is 6. The summed E-state index contributed by atoms with van der Waals surface area (Å²) < 4.78 is 0. The van der Waals surface area contributed by atoms with E-state index in [0.717, 1.165) is 5.69 Å². The summed E-state index contributed by atoms with van der Waals surface area (Å²) in [7, 11) is 0. The molecule has 1 aromatic carbocycles. The predicted molar refractivity (Wildman–Crippen MR) is 107 cm³/mol. The monoisotopic (exact) mass is 383 g/mol. The second kappa shape index (κ2) is 8.35. The van der Waals surface area contributed by atoms with Gasteiger partial charge in [0.15, 0.2) is 0 Å². The highest BCUT2D eigenvalue weighted by atomic mass is 16.6. The third-order valence-electron chi connectivity index (χ3n) is 5.24. The van der Waals surface area contributed by atoms with Crippen molar-refractivity contribution in [2.24, 2.45) is 0 Å². The van der Waals surface area contributed by atoms with Gasteiger partial charge in [0.1, 0.15) is 5.69 Å². The Morgan fingerprint density at radius 2 is 2.14 bits per heavy atom. The van der Waals surface area contributed by atoms with Crippen LogP contribution in [0.25, 0.3) is 0 Å². The Hall–Kier alpha value is -3.00. The Balaban J connectivity index is 1.85. The molecule has 2 N–H and O–H groups in total. The smallest absolute Gasteiger partial charge is 0.293 e. The molecule has 148 valence electrons. The van der Waals surface area contributed by atoms with Crippen LogP contribution >= 0.6 is 0 Å². The molecule has 1 saturated heterocycles. The van der Waals surface area contributed by atoms with E-state index in [9.17, 15) is 14.9 Å². The Bertz CT molecular complexity index is 858. The van der Waals surface area contributed by atoms with Crippen LogP contribution in [0.15, 0.2) is 42.6 Å². The normalized spacial score (nSPS) is 20.5. The Morgan fingerprint density at radius 3 is 2.82 bits per heavy atom. The number of carbonyl (C=O) groups excluding carboxylic acids is 1. The fourth-order valence-electron chi connectivity index (χ4n) is 3.39. The number of rotatable bonds is 5. The number of nitro benzene ring substituents is 1. The molecule has 0 saturated carbocycles. The molecule has 1 aromatic heterocycles. The topological polar surface area (TPSA) is 100 Å². The summed E-state index contributed by atoms with van der Waals surface area (Å²) in [6.45, 7) is 7.18. The van der Waals surface area contributed by atoms with Crippen LogP contribution in [0.3, 0.4) is 0 Å². The molecule has 1 aliphatic rings. The van der Waals surface area contributed by atoms with Crippen molar-refractivity contribution >= 4 is 17.3 Å². The first kappa shape index (κ1) is 19.8. The molecule has 8 heteroatoms. The van der Waals surface area contributed by atoms with E-state index in [-0.39, 0.29) is 29.7 Å². The molecule has 3 atom stereocenters. The molecule has 1 aliphatic heterocycles. The maximum atomic E-state index is 12.9. The molecular weight excluding hydrogens is 358 g/mol. The summed E-state index contributed by atoms with van der Waals surface area (Å²) in [5.74, 6) is -0.187. The summed E-state index contributed by atoms with van der Waals surface area (Å²) in [6.07, 6.45) is 1.68. The Labute approximate surface area is 164 Å². The summed E-state index contributed by atoms with van der Waals surface area (Å²) in [6, 6.07) is 10.1. The molecule has 0 bridgehead atoms. The van der Waals surface area contributed by atoms with Gasteiger partial charge in [0.05, 0.1) is 16.7 Å². The SMILES string of the molecule is CC(Nc1ccc(C(=O)N2CCNC(C)C2C)cc1[N+](=O)[O-])c1ccccn1. The van der Waals surface area contributed by atoms with Crippen LogP contribution in [0.1, 0.15) is 42.9 Å². The Morgan fingerprint density at radius 1 is 1.36 bits per heavy atom. The lowest BCUT2D eigenvalue weighted by molar-refractivity contribution is -0.384. The number of aromatic nitrogens is 1. The second-order valence-corrected chi connectivity index (χ2v) is 7.09. The molecule has 1 amide bonds. The average Bonchev–Trinajstić information content (AvgIpc) is 2.70. The minimum Gasteiger partial charge on any atom is -0.371 e. The van der Waals surface area contributed by atoms with Gasteiger partial charge in [-0.2, -0.15) is 0 Å². The number of nitro groups is 1. The van der Waals surface area contributed by atoms with Gasteiger partial charge in [-0.15, -0.1) is 0 Å². The van der Waals surface area contributed by atoms with Crippen LogP contribution in [0.5, 0.6) is 0 Å². The summed E-state index contributed by atoms with van der Waals surface area (Å²) >= 11 is 0. The zero-order valence-electron chi connectivity index (χ0n) is 16.3. The zero-order valence-corrected chi connectivity index (χ0v) is 16.3. The lowest BCUT2D eigenvalue weighted by atomic mass is 10.0. The van der Waals surface area contributed by atoms with Crippen LogP contribution < -0.4 is 10.6 Å². The highest BCUT2D eigenvalue weighted by molar-refractivity contribution is 5.96. The van der Waals surface area contributed by atoms with E-state index in [4.69, 9.17) is 0 Å². The minimum atomic E-state index is -0.464. The van der Waals surface area contributed by atoms with E-state index in [2.05, 4.69) is 15.6 Å². The van der Waals surface area contributed by atoms with Crippen LogP contribution in [0.2, 0.25) is 0 Å². The van der Waals surface area contributed by atoms with Gasteiger partial charge < -0.3 is 15.5 Å². The molecule has 2 heterocycles. The van der Waals surface area contributed by atoms with E-state index in [0.29, 0.717) is 24.3 Å². The van der Waals surface area contributed by atoms with E-state index < -0.39 is 4.92 Å². The number of amides is 1. The van der Waals surface area contributed by atoms with Crippen LogP contribution in [-0.2, 0) is 0 Å². The number of benzene rings is 1. The average molecular weight is 383 g/mol. The van der Waals surface area contributed by atoms with Gasteiger partial charge in [0.25, 0.3) is 11.6 Å². The molecule has 28 heavy (non-hydrogen) atoms. The second-order valence-electron chi connectivity index (χ2n) is 7.09. The first-order valence-electron chi connectivity index (χ1n) is 9.38. The molecule has 0 radical (unpaired) electrons. The van der Waals surface area contributed by atoms with E-state index in [1.807, 2.05) is 39.0 Å². The molecule has 3 rings (SSSR count). The Kier molecular flexibility index (Phi) is 5.89. The number of nitrogens with zero attached hydrogens (tertiary/aromatic N) is 3. The van der Waals surface area contributed by atoms with Crippen molar-refractivity contribution in [3.8, 4) is 0 Å². The van der Waals surface area contributed by atoms with Gasteiger partial charge in [-0.05, 0) is 45.0 Å². The lowest BCUT2D eigenvalue weighted by Gasteiger charge is -2.38. The van der Waals surface area contributed by atoms with Crippen molar-refractivity contribution in [2.75, 3.05) is 18.4 Å². The molecule has 0 spiro atoms. The van der Waals surface area contributed by atoms with Gasteiger partial charge >= 0.3 is 0 Å². The number of nitrogens with one attached hydrogen (secondary N) is 2. The summed E-state index contributed by atoms with van der Waals surface area (Å²) in [5.41, 5.74) is 1.34. The minimum absolute atomic E-state index is 0.0160. The van der Waals surface area contributed by atoms with Crippen molar-refractivity contribution < 1.29 is 9.72 Å². The number of pyridine rings is 1. The molecule has 3 unspecified atom stereocenters. The first-order valence-corrected chi connectivity index (χ1v) is 9.38. The summed E-state index contributed by atoms with van der Waals surface area (Å²) in [4.78, 5) is 30.1. The molecular formula is C20H25N5O3. The van der Waals surface area contributed by atoms with Crippen molar-refractivity contribution in [1.82, 2.24) is 15.2 Å². The van der Waals surface area contributed by atoms with E-state index >= 15 is 0 Å². The number of anilines is 1. The fourth-order valence-corrected chi connectivity index (χ4v) is 3.39. The number of piperazine rings is 1. The first-order chi connectivity index (χ1) is 13.4. The van der Waals surface area contributed by atoms with Gasteiger partial charge in [-0.3, -0.25) is 19.9 Å². The third kappa shape index (κ3) is 4.12. The lowest BCUT2D eigenvalue weighted by Crippen LogP contribution is -2.57. The van der Waals surface area contributed by atoms with Crippen molar-refractivity contribution in [2.45, 2.75) is 38.9 Å². The standard InChI is InChI=1S/C20H25N5O3/c1-13-15(3)24(11-10-21-13)20(26)16-7-8-18(19(12-16)25(27)28)23-14(2)17-6-4-5-9-22-17/h4-9,12-15,21,23H,10-11H2,1-3H3. The van der Waals surface area contributed by atoms with Crippen LogP contribution in [-0.4, -0.2) is 45.9 Å². The maximum absolute atomic E-state index is 12.9. The molecule has 0 aliphatic carbocycles. The van der Waals surface area contributed by atoms with E-state index in [1.165, 1.54) is 6.07 Å². The number of hydrogen-bond donors (Lipinski definition) is 2. The van der Waals surface area contributed by atoms with Gasteiger partial charge in [0.2, 0.25) is 0 Å². The molecule has 2 aromatic rings. The predicted octanol–water partition coefficient (Wildman–Crippen LogP) is 2.99. The van der Waals surface area contributed by atoms with Gasteiger partial charge in [-0.1, -0.05) is 6.07 Å². The van der Waals surface area contributed by atoms with Crippen LogP contribution in [0, 0.1) is 10.1 Å². The van der Waals surface area contributed by atoms with Crippen molar-refractivity contribution in [3.05, 3.63) is 64.0 Å².